The van der Waals surface area contributed by atoms with Crippen molar-refractivity contribution in [3.05, 3.63) is 59.7 Å². The average molecular weight is 451 g/mol. The Kier molecular flexibility index (Phi) is 7.37. The molecule has 1 aliphatic heterocycles. The number of carbonyl (C=O) groups is 2. The van der Waals surface area contributed by atoms with Crippen molar-refractivity contribution in [1.82, 2.24) is 5.32 Å². The molecule has 0 aromatic heterocycles. The number of alkyl halides is 3. The first-order valence-corrected chi connectivity index (χ1v) is 10.1. The molecular formula is C22H24F3N3O4. The van der Waals surface area contributed by atoms with Crippen molar-refractivity contribution in [2.24, 2.45) is 0 Å². The normalized spacial score (nSPS) is 15.8. The third kappa shape index (κ3) is 5.38. The monoisotopic (exact) mass is 451 g/mol. The second-order valence-corrected chi connectivity index (χ2v) is 6.95. The molecule has 32 heavy (non-hydrogen) atoms. The first-order valence-electron chi connectivity index (χ1n) is 10.1. The first kappa shape index (κ1) is 23.6. The number of ether oxygens (including phenoxy) is 2. The van der Waals surface area contributed by atoms with Crippen LogP contribution >= 0.6 is 0 Å². The number of halogens is 3. The minimum atomic E-state index is -4.47. The molecule has 1 atom stereocenters. The molecule has 172 valence electrons. The van der Waals surface area contributed by atoms with E-state index in [9.17, 15) is 22.8 Å². The zero-order chi connectivity index (χ0) is 23.3. The molecule has 0 fully saturated rings. The number of anilines is 2. The second-order valence-electron chi connectivity index (χ2n) is 6.95. The molecule has 7 nitrogen and oxygen atoms in total. The molecule has 0 saturated heterocycles. The van der Waals surface area contributed by atoms with Gasteiger partial charge in [-0.3, -0.25) is 4.79 Å². The van der Waals surface area contributed by atoms with Crippen molar-refractivity contribution in [3.63, 3.8) is 0 Å². The summed E-state index contributed by atoms with van der Waals surface area (Å²) in [5.74, 6) is -0.363. The molecule has 2 aromatic carbocycles. The maximum absolute atomic E-state index is 13.1. The van der Waals surface area contributed by atoms with Gasteiger partial charge in [0.25, 0.3) is 5.91 Å². The Labute approximate surface area is 183 Å². The number of carbonyl (C=O) groups excluding carboxylic acids is 2. The fraction of sp³-hybridized carbons (Fsp3) is 0.364. The lowest BCUT2D eigenvalue weighted by Crippen LogP contribution is -2.43. The Morgan fingerprint density at radius 3 is 2.28 bits per heavy atom. The van der Waals surface area contributed by atoms with E-state index < -0.39 is 30.1 Å². The summed E-state index contributed by atoms with van der Waals surface area (Å²) >= 11 is 0. The predicted octanol–water partition coefficient (Wildman–Crippen LogP) is 4.31. The van der Waals surface area contributed by atoms with Crippen molar-refractivity contribution in [1.29, 1.82) is 0 Å². The first-order chi connectivity index (χ1) is 15.2. The summed E-state index contributed by atoms with van der Waals surface area (Å²) in [6.07, 6.45) is -5.09. The number of hydrogen-bond acceptors (Lipinski definition) is 4. The number of nitrogens with zero attached hydrogens (tertiary/aromatic N) is 1. The summed E-state index contributed by atoms with van der Waals surface area (Å²) < 4.78 is 49.2. The summed E-state index contributed by atoms with van der Waals surface area (Å²) in [4.78, 5) is 27.1. The maximum Gasteiger partial charge on any atom is 0.416 e. The van der Waals surface area contributed by atoms with Gasteiger partial charge in [-0.25, -0.2) is 4.79 Å². The smallest absolute Gasteiger partial charge is 0.351 e. The van der Waals surface area contributed by atoms with Crippen molar-refractivity contribution in [2.75, 3.05) is 30.0 Å². The lowest BCUT2D eigenvalue weighted by atomic mass is 10.1. The van der Waals surface area contributed by atoms with Crippen LogP contribution in [-0.4, -0.2) is 38.0 Å². The number of fused-ring (bicyclic) bond motifs is 1. The van der Waals surface area contributed by atoms with E-state index in [0.29, 0.717) is 24.5 Å². The van der Waals surface area contributed by atoms with Crippen LogP contribution in [0, 0.1) is 0 Å². The van der Waals surface area contributed by atoms with Gasteiger partial charge in [0.15, 0.2) is 6.29 Å². The third-order valence-corrected chi connectivity index (χ3v) is 4.83. The van der Waals surface area contributed by atoms with Crippen LogP contribution in [0.2, 0.25) is 0 Å². The standard InChI is InChI=1S/C22H24F3N3O4/c1-3-31-18(32-4-2)13-28-17-8-6-5-7-16(17)19(20(28)29)27-21(30)26-15-11-9-14(10-12-15)22(23,24)25/h5-12,18-19H,3-4,13H2,1-2H3,(H2,26,27,30). The average Bonchev–Trinajstić information content (AvgIpc) is 3.00. The summed E-state index contributed by atoms with van der Waals surface area (Å²) in [6.45, 7) is 4.61. The Hall–Kier alpha value is -3.11. The van der Waals surface area contributed by atoms with E-state index in [1.165, 1.54) is 4.90 Å². The zero-order valence-electron chi connectivity index (χ0n) is 17.6. The molecule has 2 aromatic rings. The van der Waals surface area contributed by atoms with E-state index in [1.807, 2.05) is 13.8 Å². The number of hydrogen-bond donors (Lipinski definition) is 2. The topological polar surface area (TPSA) is 79.9 Å². The highest BCUT2D eigenvalue weighted by atomic mass is 19.4. The number of nitrogens with one attached hydrogen (secondary N) is 2. The second kappa shape index (κ2) is 10.0. The van der Waals surface area contributed by atoms with E-state index in [4.69, 9.17) is 9.47 Å². The van der Waals surface area contributed by atoms with Crippen LogP contribution in [0.1, 0.15) is 31.0 Å². The van der Waals surface area contributed by atoms with Crippen molar-refractivity contribution >= 4 is 23.3 Å². The van der Waals surface area contributed by atoms with Crippen LogP contribution < -0.4 is 15.5 Å². The number of urea groups is 1. The molecule has 1 heterocycles. The molecule has 0 spiro atoms. The highest BCUT2D eigenvalue weighted by molar-refractivity contribution is 6.07. The van der Waals surface area contributed by atoms with E-state index in [0.717, 1.165) is 24.3 Å². The molecule has 3 rings (SSSR count). The minimum absolute atomic E-state index is 0.149. The van der Waals surface area contributed by atoms with Crippen LogP contribution in [-0.2, 0) is 20.4 Å². The van der Waals surface area contributed by atoms with Crippen LogP contribution in [0.15, 0.2) is 48.5 Å². The Bertz CT molecular complexity index is 944. The van der Waals surface area contributed by atoms with E-state index in [1.54, 1.807) is 24.3 Å². The maximum atomic E-state index is 13.1. The number of rotatable bonds is 8. The van der Waals surface area contributed by atoms with Crippen LogP contribution in [0.5, 0.6) is 0 Å². The van der Waals surface area contributed by atoms with Crippen molar-refractivity contribution in [3.8, 4) is 0 Å². The van der Waals surface area contributed by atoms with Crippen LogP contribution in [0.25, 0.3) is 0 Å². The molecular weight excluding hydrogens is 427 g/mol. The summed E-state index contributed by atoms with van der Waals surface area (Å²) in [7, 11) is 0. The van der Waals surface area contributed by atoms with Gasteiger partial charge >= 0.3 is 12.2 Å². The van der Waals surface area contributed by atoms with Gasteiger partial charge in [-0.15, -0.1) is 0 Å². The van der Waals surface area contributed by atoms with Gasteiger partial charge in [-0.05, 0) is 44.2 Å². The van der Waals surface area contributed by atoms with E-state index >= 15 is 0 Å². The molecule has 1 unspecified atom stereocenters. The van der Waals surface area contributed by atoms with Gasteiger partial charge in [0.1, 0.15) is 6.04 Å². The van der Waals surface area contributed by atoms with Crippen molar-refractivity contribution < 1.29 is 32.2 Å². The predicted molar refractivity (Wildman–Crippen MR) is 112 cm³/mol. The molecule has 1 aliphatic rings. The summed E-state index contributed by atoms with van der Waals surface area (Å²) in [5, 5.41) is 5.06. The fourth-order valence-corrected chi connectivity index (χ4v) is 3.43. The highest BCUT2D eigenvalue weighted by Crippen LogP contribution is 2.36. The lowest BCUT2D eigenvalue weighted by Gasteiger charge is -2.24. The third-order valence-electron chi connectivity index (χ3n) is 4.83. The molecule has 0 radical (unpaired) electrons. The molecule has 2 N–H and O–H groups in total. The number of amides is 3. The van der Waals surface area contributed by atoms with Crippen molar-refractivity contribution in [2.45, 2.75) is 32.4 Å². The summed E-state index contributed by atoms with van der Waals surface area (Å²) in [6, 6.07) is 9.38. The fourth-order valence-electron chi connectivity index (χ4n) is 3.43. The molecule has 10 heteroatoms. The van der Waals surface area contributed by atoms with Gasteiger partial charge in [-0.2, -0.15) is 13.2 Å². The van der Waals surface area contributed by atoms with E-state index in [-0.39, 0.29) is 18.1 Å². The minimum Gasteiger partial charge on any atom is -0.351 e. The van der Waals surface area contributed by atoms with Crippen LogP contribution in [0.4, 0.5) is 29.3 Å². The largest absolute Gasteiger partial charge is 0.416 e. The SMILES string of the molecule is CCOC(CN1C(=O)C(NC(=O)Nc2ccc(C(F)(F)F)cc2)c2ccccc21)OCC. The highest BCUT2D eigenvalue weighted by Gasteiger charge is 2.39. The molecule has 0 aliphatic carbocycles. The van der Waals surface area contributed by atoms with E-state index in [2.05, 4.69) is 10.6 Å². The quantitative estimate of drug-likeness (QED) is 0.586. The molecule has 0 bridgehead atoms. The Balaban J connectivity index is 1.72. The number of benzene rings is 2. The Morgan fingerprint density at radius 1 is 1.06 bits per heavy atom. The number of para-hydroxylation sites is 1. The van der Waals surface area contributed by atoms with Gasteiger partial charge < -0.3 is 25.0 Å². The lowest BCUT2D eigenvalue weighted by molar-refractivity contribution is -0.137. The van der Waals surface area contributed by atoms with Gasteiger partial charge in [0.2, 0.25) is 0 Å². The zero-order valence-corrected chi connectivity index (χ0v) is 17.6. The van der Waals surface area contributed by atoms with Gasteiger partial charge in [0.05, 0.1) is 12.1 Å². The summed E-state index contributed by atoms with van der Waals surface area (Å²) in [5.41, 5.74) is 0.574. The molecule has 3 amide bonds. The van der Waals surface area contributed by atoms with Gasteiger partial charge in [-0.1, -0.05) is 18.2 Å². The Morgan fingerprint density at radius 2 is 1.69 bits per heavy atom. The molecule has 0 saturated carbocycles. The van der Waals surface area contributed by atoms with Gasteiger partial charge in [0, 0.05) is 30.2 Å². The van der Waals surface area contributed by atoms with Crippen LogP contribution in [0.3, 0.4) is 0 Å².